The van der Waals surface area contributed by atoms with Gasteiger partial charge in [-0.15, -0.1) is 0 Å². The van der Waals surface area contributed by atoms with Crippen molar-refractivity contribution < 1.29 is 19.9 Å². The van der Waals surface area contributed by atoms with E-state index in [-0.39, 0.29) is 11.6 Å². The van der Waals surface area contributed by atoms with Crippen LogP contribution < -0.4 is 15.9 Å². The first-order valence-electron chi connectivity index (χ1n) is 15.3. The number of amides is 1. The van der Waals surface area contributed by atoms with Gasteiger partial charge in [0, 0.05) is 12.1 Å². The van der Waals surface area contributed by atoms with Gasteiger partial charge in [-0.1, -0.05) is 0 Å². The molecular weight excluding hydrogens is 583 g/mol. The molecule has 3 rings (SSSR count). The van der Waals surface area contributed by atoms with Gasteiger partial charge >= 0.3 is 171 Å². The van der Waals surface area contributed by atoms with Gasteiger partial charge in [0.15, 0.2) is 0 Å². The second-order valence-electron chi connectivity index (χ2n) is 11.6. The van der Waals surface area contributed by atoms with E-state index in [0.29, 0.717) is 12.0 Å². The summed E-state index contributed by atoms with van der Waals surface area (Å²) in [5.41, 5.74) is 0.312. The minimum atomic E-state index is -2.75. The first kappa shape index (κ1) is 34.7. The molecule has 0 saturated carbocycles. The van der Waals surface area contributed by atoms with Crippen LogP contribution in [0.2, 0.25) is 0 Å². The topological polar surface area (TPSA) is 113 Å². The molecule has 0 unspecified atom stereocenters. The third-order valence-corrected chi connectivity index (χ3v) is 14.6. The molecule has 0 aromatic heterocycles. The number of carbonyl (C=O) groups is 1. The molecule has 3 N–H and O–H groups in total. The molecule has 0 spiro atoms. The first-order chi connectivity index (χ1) is 20.6. The van der Waals surface area contributed by atoms with E-state index in [1.807, 2.05) is 12.1 Å². The number of nitro benzene ring substituents is 1. The van der Waals surface area contributed by atoms with E-state index in [2.05, 4.69) is 60.5 Å². The fraction of sp³-hybridized carbons (Fsp3) is 0.441. The average Bonchev–Trinajstić information content (AvgIpc) is 3.03. The summed E-state index contributed by atoms with van der Waals surface area (Å²) in [6.07, 6.45) is 9.88. The Morgan fingerprint density at radius 3 is 1.74 bits per heavy atom. The Morgan fingerprint density at radius 2 is 1.28 bits per heavy atom. The zero-order chi connectivity index (χ0) is 31.2. The van der Waals surface area contributed by atoms with Gasteiger partial charge in [0.05, 0.1) is 17.6 Å². The summed E-state index contributed by atoms with van der Waals surface area (Å²) in [6.45, 7) is 1.85. The number of rotatable bonds is 19. The SMILES string of the molecule is CP(Cl)(CCCCCCCCCCCC(=O)N[C@H](CO)[C@H](O)c1ccc([N+](=O)[O-])cc1)(c1ccccc1)c1ccccc1. The van der Waals surface area contributed by atoms with Crippen LogP contribution >= 0.6 is 17.2 Å². The number of hydrogen-bond acceptors (Lipinski definition) is 5. The summed E-state index contributed by atoms with van der Waals surface area (Å²) in [4.78, 5) is 22.7. The molecule has 0 fully saturated rings. The number of unbranched alkanes of at least 4 members (excludes halogenated alkanes) is 8. The molecule has 7 nitrogen and oxygen atoms in total. The predicted octanol–water partition coefficient (Wildman–Crippen LogP) is 6.99. The number of halogens is 1. The van der Waals surface area contributed by atoms with Gasteiger partial charge in [-0.2, -0.15) is 0 Å². The molecule has 2 atom stereocenters. The Balaban J connectivity index is 1.29. The number of nitro groups is 1. The second-order valence-corrected chi connectivity index (χ2v) is 19.1. The monoisotopic (exact) mass is 628 g/mol. The molecule has 234 valence electrons. The van der Waals surface area contributed by atoms with Crippen molar-refractivity contribution in [3.8, 4) is 0 Å². The molecule has 0 heterocycles. The van der Waals surface area contributed by atoms with E-state index in [1.54, 1.807) is 0 Å². The van der Waals surface area contributed by atoms with Crippen molar-refractivity contribution in [3.63, 3.8) is 0 Å². The van der Waals surface area contributed by atoms with Gasteiger partial charge in [-0.25, -0.2) is 0 Å². The summed E-state index contributed by atoms with van der Waals surface area (Å²) in [7, 11) is 0. The van der Waals surface area contributed by atoms with Crippen molar-refractivity contribution in [2.45, 2.75) is 76.4 Å². The van der Waals surface area contributed by atoms with E-state index in [1.165, 1.54) is 54.1 Å². The molecule has 0 aliphatic rings. The molecule has 0 radical (unpaired) electrons. The average molecular weight is 629 g/mol. The molecule has 9 heteroatoms. The summed E-state index contributed by atoms with van der Waals surface area (Å²) in [5.74, 6) is -2.97. The van der Waals surface area contributed by atoms with Crippen molar-refractivity contribution >= 4 is 39.4 Å². The van der Waals surface area contributed by atoms with E-state index < -0.39 is 29.6 Å². The van der Waals surface area contributed by atoms with Crippen molar-refractivity contribution in [3.05, 3.63) is 101 Å². The van der Waals surface area contributed by atoms with E-state index in [0.717, 1.165) is 44.7 Å². The third kappa shape index (κ3) is 10.1. The Morgan fingerprint density at radius 1 is 0.814 bits per heavy atom. The van der Waals surface area contributed by atoms with Gasteiger partial charge in [0.25, 0.3) is 5.69 Å². The minimum absolute atomic E-state index is 0.0867. The molecule has 43 heavy (non-hydrogen) atoms. The van der Waals surface area contributed by atoms with Crippen LogP contribution in [0.25, 0.3) is 0 Å². The quantitative estimate of drug-likeness (QED) is 0.0573. The van der Waals surface area contributed by atoms with Crippen LogP contribution in [0.3, 0.4) is 0 Å². The van der Waals surface area contributed by atoms with E-state index in [9.17, 15) is 25.1 Å². The molecule has 0 aliphatic carbocycles. The third-order valence-electron chi connectivity index (χ3n) is 8.31. The molecule has 0 aliphatic heterocycles. The number of aliphatic hydroxyl groups is 2. The fourth-order valence-corrected chi connectivity index (χ4v) is 10.3. The van der Waals surface area contributed by atoms with Crippen LogP contribution in [0.4, 0.5) is 5.69 Å². The summed E-state index contributed by atoms with van der Waals surface area (Å²) >= 11 is 7.63. The van der Waals surface area contributed by atoms with Crippen molar-refractivity contribution in [1.82, 2.24) is 5.32 Å². The Hall–Kier alpha value is -2.83. The summed E-state index contributed by atoms with van der Waals surface area (Å²) < 4.78 is 0. The van der Waals surface area contributed by atoms with Crippen LogP contribution in [0, 0.1) is 10.1 Å². The normalized spacial score (nSPS) is 13.9. The predicted molar refractivity (Wildman–Crippen MR) is 179 cm³/mol. The number of non-ortho nitro benzene ring substituents is 1. The van der Waals surface area contributed by atoms with Crippen LogP contribution in [-0.2, 0) is 4.79 Å². The Bertz CT molecular complexity index is 1230. The maximum atomic E-state index is 12.4. The molecule has 3 aromatic carbocycles. The number of nitrogens with zero attached hydrogens (tertiary/aromatic N) is 1. The van der Waals surface area contributed by atoms with Gasteiger partial charge in [0.2, 0.25) is 0 Å². The zero-order valence-corrected chi connectivity index (χ0v) is 26.8. The van der Waals surface area contributed by atoms with Crippen LogP contribution in [-0.4, -0.2) is 46.5 Å². The zero-order valence-electron chi connectivity index (χ0n) is 25.1. The summed E-state index contributed by atoms with van der Waals surface area (Å²) in [6, 6.07) is 25.7. The van der Waals surface area contributed by atoms with Crippen LogP contribution in [0.1, 0.15) is 75.9 Å². The first-order valence-corrected chi connectivity index (χ1v) is 19.1. The second kappa shape index (κ2) is 16.9. The molecule has 1 amide bonds. The molecule has 3 aromatic rings. The number of aliphatic hydroxyl groups excluding tert-OH is 2. The Kier molecular flexibility index (Phi) is 13.6. The number of hydrogen-bond donors (Lipinski definition) is 3. The fourth-order valence-electron chi connectivity index (χ4n) is 5.57. The van der Waals surface area contributed by atoms with Gasteiger partial charge in [-0.05, 0) is 17.7 Å². The van der Waals surface area contributed by atoms with E-state index >= 15 is 0 Å². The molecular formula is C34H46ClN2O5P. The van der Waals surface area contributed by atoms with Crippen molar-refractivity contribution in [2.75, 3.05) is 19.4 Å². The maximum absolute atomic E-state index is 12.4. The molecule has 0 saturated heterocycles. The number of nitrogens with one attached hydrogen (secondary N) is 1. The standard InChI is InChI=1S/C34H46ClN2O5P/c1-43(35,30-17-11-9-12-18-30,31-19-13-10-14-20-31)26-16-8-6-4-2-3-5-7-15-21-33(39)36-32(27-38)34(40)28-22-24-29(25-23-28)37(41)42/h9-14,17-20,22-25,32,34,38,40H,2-8,15-16,21,26-27H2,1H3,(H,36,39)/t32-,34-/m1/s1. The van der Waals surface area contributed by atoms with Gasteiger partial charge < -0.3 is 15.5 Å². The van der Waals surface area contributed by atoms with Crippen LogP contribution in [0.15, 0.2) is 84.9 Å². The van der Waals surface area contributed by atoms with Crippen molar-refractivity contribution in [2.24, 2.45) is 0 Å². The Labute approximate surface area is 260 Å². The molecule has 0 bridgehead atoms. The van der Waals surface area contributed by atoms with Gasteiger partial charge in [-0.3, -0.25) is 14.9 Å². The number of benzene rings is 3. The summed E-state index contributed by atoms with van der Waals surface area (Å²) in [5, 5.41) is 36.2. The van der Waals surface area contributed by atoms with Gasteiger partial charge in [0.1, 0.15) is 6.10 Å². The van der Waals surface area contributed by atoms with Crippen LogP contribution in [0.5, 0.6) is 0 Å². The van der Waals surface area contributed by atoms with E-state index in [4.69, 9.17) is 11.2 Å². The number of carbonyl (C=O) groups excluding carboxylic acids is 1. The van der Waals surface area contributed by atoms with Crippen molar-refractivity contribution in [1.29, 1.82) is 0 Å².